The van der Waals surface area contributed by atoms with Gasteiger partial charge in [0.2, 0.25) is 12.7 Å². The highest BCUT2D eigenvalue weighted by molar-refractivity contribution is 7.91. The zero-order chi connectivity index (χ0) is 24.6. The number of ether oxygens (including phenoxy) is 3. The van der Waals surface area contributed by atoms with Gasteiger partial charge < -0.3 is 14.2 Å². The summed E-state index contributed by atoms with van der Waals surface area (Å²) in [6, 6.07) is 13.6. The van der Waals surface area contributed by atoms with Crippen LogP contribution in [0.4, 0.5) is 5.69 Å². The quantitative estimate of drug-likeness (QED) is 0.425. The molecule has 1 atom stereocenters. The van der Waals surface area contributed by atoms with Gasteiger partial charge in [0.25, 0.3) is 15.9 Å². The molecule has 182 valence electrons. The largest absolute Gasteiger partial charge is 0.494 e. The third kappa shape index (κ3) is 4.38. The minimum atomic E-state index is -4.07. The maximum absolute atomic E-state index is 13.6. The SMILES string of the molecule is CCOc1ccc(N2C(=O)CC(N(Cc3ccc4c(c3)OCO4)S(=O)(=O)c3cccs3)C2=O)cc1. The minimum Gasteiger partial charge on any atom is -0.494 e. The fourth-order valence-corrected chi connectivity index (χ4v) is 6.77. The zero-order valence-electron chi connectivity index (χ0n) is 18.7. The Morgan fingerprint density at radius 1 is 1.09 bits per heavy atom. The van der Waals surface area contributed by atoms with E-state index in [0.717, 1.165) is 20.5 Å². The van der Waals surface area contributed by atoms with Crippen LogP contribution in [0.3, 0.4) is 0 Å². The Balaban J connectivity index is 1.48. The van der Waals surface area contributed by atoms with E-state index in [1.54, 1.807) is 53.9 Å². The van der Waals surface area contributed by atoms with Gasteiger partial charge in [-0.3, -0.25) is 9.59 Å². The Bertz CT molecular complexity index is 1360. The number of nitrogens with zero attached hydrogens (tertiary/aromatic N) is 2. The van der Waals surface area contributed by atoms with Crippen molar-refractivity contribution in [2.45, 2.75) is 30.1 Å². The van der Waals surface area contributed by atoms with Gasteiger partial charge >= 0.3 is 0 Å². The zero-order valence-corrected chi connectivity index (χ0v) is 20.4. The number of hydrogen-bond donors (Lipinski definition) is 0. The van der Waals surface area contributed by atoms with Crippen LogP contribution in [-0.4, -0.2) is 44.0 Å². The van der Waals surface area contributed by atoms with Crippen LogP contribution in [0.25, 0.3) is 0 Å². The predicted octanol–water partition coefficient (Wildman–Crippen LogP) is 3.40. The average molecular weight is 515 g/mol. The number of rotatable bonds is 8. The van der Waals surface area contributed by atoms with E-state index >= 15 is 0 Å². The van der Waals surface area contributed by atoms with E-state index in [2.05, 4.69) is 0 Å². The lowest BCUT2D eigenvalue weighted by Gasteiger charge is -2.26. The van der Waals surface area contributed by atoms with Crippen LogP contribution in [0.2, 0.25) is 0 Å². The van der Waals surface area contributed by atoms with Crippen molar-refractivity contribution in [2.24, 2.45) is 0 Å². The molecule has 35 heavy (non-hydrogen) atoms. The minimum absolute atomic E-state index is 0.0860. The first kappa shape index (κ1) is 23.3. The molecule has 2 aromatic carbocycles. The summed E-state index contributed by atoms with van der Waals surface area (Å²) in [5, 5.41) is 1.65. The number of amides is 2. The topological polar surface area (TPSA) is 102 Å². The molecule has 0 aliphatic carbocycles. The molecule has 2 aliphatic rings. The number of hydrogen-bond acceptors (Lipinski definition) is 8. The van der Waals surface area contributed by atoms with Gasteiger partial charge in [0.05, 0.1) is 18.7 Å². The number of imide groups is 1. The monoisotopic (exact) mass is 514 g/mol. The molecule has 2 amide bonds. The summed E-state index contributed by atoms with van der Waals surface area (Å²) in [5.41, 5.74) is 0.969. The number of sulfonamides is 1. The van der Waals surface area contributed by atoms with Crippen molar-refractivity contribution in [2.75, 3.05) is 18.3 Å². The number of carbonyl (C=O) groups is 2. The Morgan fingerprint density at radius 2 is 1.86 bits per heavy atom. The third-order valence-electron chi connectivity index (χ3n) is 5.71. The number of fused-ring (bicyclic) bond motifs is 1. The van der Waals surface area contributed by atoms with Crippen LogP contribution in [-0.2, 0) is 26.2 Å². The Kier molecular flexibility index (Phi) is 6.22. The molecule has 11 heteroatoms. The normalized spacial score (nSPS) is 17.4. The second-order valence-electron chi connectivity index (χ2n) is 7.88. The number of benzene rings is 2. The maximum Gasteiger partial charge on any atom is 0.253 e. The Morgan fingerprint density at radius 3 is 2.57 bits per heavy atom. The van der Waals surface area contributed by atoms with E-state index in [1.807, 2.05) is 6.92 Å². The van der Waals surface area contributed by atoms with Gasteiger partial charge in [-0.05, 0) is 60.3 Å². The highest BCUT2D eigenvalue weighted by Gasteiger charge is 2.47. The van der Waals surface area contributed by atoms with Crippen LogP contribution in [0, 0.1) is 0 Å². The molecule has 0 N–H and O–H groups in total. The highest BCUT2D eigenvalue weighted by atomic mass is 32.2. The molecule has 3 aromatic rings. The summed E-state index contributed by atoms with van der Waals surface area (Å²) in [7, 11) is -4.07. The van der Waals surface area contributed by atoms with E-state index in [-0.39, 0.29) is 24.0 Å². The van der Waals surface area contributed by atoms with Crippen LogP contribution < -0.4 is 19.1 Å². The van der Waals surface area contributed by atoms with Crippen molar-refractivity contribution in [3.63, 3.8) is 0 Å². The first-order valence-corrected chi connectivity index (χ1v) is 13.2. The molecule has 1 aromatic heterocycles. The standard InChI is InChI=1S/C24H22N2O7S2/c1-2-31-18-8-6-17(7-9-18)26-22(27)13-19(24(26)28)25(35(29,30)23-4-3-11-34-23)14-16-5-10-20-21(12-16)33-15-32-20/h3-12,19H,2,13-15H2,1H3. The highest BCUT2D eigenvalue weighted by Crippen LogP contribution is 2.36. The molecule has 1 unspecified atom stereocenters. The molecule has 3 heterocycles. The Labute approximate surface area is 206 Å². The number of carbonyl (C=O) groups excluding carboxylic acids is 2. The van der Waals surface area contributed by atoms with Gasteiger partial charge in [0.15, 0.2) is 11.5 Å². The molecule has 5 rings (SSSR count). The second-order valence-corrected chi connectivity index (χ2v) is 10.9. The molecule has 1 saturated heterocycles. The van der Waals surface area contributed by atoms with Gasteiger partial charge in [-0.25, -0.2) is 13.3 Å². The molecule has 0 spiro atoms. The van der Waals surface area contributed by atoms with Gasteiger partial charge in [-0.2, -0.15) is 4.31 Å². The van der Waals surface area contributed by atoms with Crippen molar-refractivity contribution >= 4 is 38.9 Å². The van der Waals surface area contributed by atoms with Crippen LogP contribution in [0.15, 0.2) is 64.2 Å². The molecule has 0 bridgehead atoms. The lowest BCUT2D eigenvalue weighted by Crippen LogP contribution is -2.44. The molecule has 0 saturated carbocycles. The second kappa shape index (κ2) is 9.33. The molecule has 1 fully saturated rings. The van der Waals surface area contributed by atoms with E-state index < -0.39 is 27.9 Å². The summed E-state index contributed by atoms with van der Waals surface area (Å²) in [6.07, 6.45) is -0.263. The molecule has 2 aliphatic heterocycles. The molecule has 9 nitrogen and oxygen atoms in total. The van der Waals surface area contributed by atoms with Gasteiger partial charge in [0, 0.05) is 6.54 Å². The fourth-order valence-electron chi connectivity index (χ4n) is 4.08. The van der Waals surface area contributed by atoms with Gasteiger partial charge in [-0.1, -0.05) is 12.1 Å². The van der Waals surface area contributed by atoms with E-state index in [9.17, 15) is 18.0 Å². The van der Waals surface area contributed by atoms with E-state index in [4.69, 9.17) is 14.2 Å². The van der Waals surface area contributed by atoms with Crippen molar-refractivity contribution in [3.8, 4) is 17.2 Å². The summed E-state index contributed by atoms with van der Waals surface area (Å²) in [6.45, 7) is 2.31. The molecular weight excluding hydrogens is 492 g/mol. The maximum atomic E-state index is 13.6. The summed E-state index contributed by atoms with van der Waals surface area (Å²) >= 11 is 1.06. The summed E-state index contributed by atoms with van der Waals surface area (Å²) in [4.78, 5) is 27.5. The van der Waals surface area contributed by atoms with Crippen molar-refractivity contribution in [1.29, 1.82) is 0 Å². The summed E-state index contributed by atoms with van der Waals surface area (Å²) in [5.74, 6) is 0.605. The van der Waals surface area contributed by atoms with Gasteiger partial charge in [0.1, 0.15) is 16.0 Å². The molecular formula is C24H22N2O7S2. The predicted molar refractivity (Wildman–Crippen MR) is 128 cm³/mol. The Hall–Kier alpha value is -3.41. The van der Waals surface area contributed by atoms with Crippen LogP contribution in [0.5, 0.6) is 17.2 Å². The van der Waals surface area contributed by atoms with Crippen LogP contribution in [0.1, 0.15) is 18.9 Å². The molecule has 0 radical (unpaired) electrons. The first-order valence-electron chi connectivity index (χ1n) is 10.9. The lowest BCUT2D eigenvalue weighted by atomic mass is 10.1. The fraction of sp³-hybridized carbons (Fsp3) is 0.250. The van der Waals surface area contributed by atoms with E-state index in [1.165, 1.54) is 6.07 Å². The van der Waals surface area contributed by atoms with Crippen molar-refractivity contribution in [1.82, 2.24) is 4.31 Å². The average Bonchev–Trinajstić information content (AvgIpc) is 3.59. The van der Waals surface area contributed by atoms with Gasteiger partial charge in [-0.15, -0.1) is 11.3 Å². The van der Waals surface area contributed by atoms with E-state index in [0.29, 0.717) is 35.1 Å². The summed E-state index contributed by atoms with van der Waals surface area (Å²) < 4.78 is 44.6. The number of anilines is 1. The first-order chi connectivity index (χ1) is 16.9. The van der Waals surface area contributed by atoms with Crippen molar-refractivity contribution < 1.29 is 32.2 Å². The number of thiophene rings is 1. The smallest absolute Gasteiger partial charge is 0.253 e. The van der Waals surface area contributed by atoms with Crippen molar-refractivity contribution in [3.05, 3.63) is 65.5 Å². The van der Waals surface area contributed by atoms with Crippen LogP contribution >= 0.6 is 11.3 Å². The third-order valence-corrected chi connectivity index (χ3v) is 8.94. The lowest BCUT2D eigenvalue weighted by molar-refractivity contribution is -0.122.